The molecule has 126 valence electrons. The molecule has 0 radical (unpaired) electrons. The van der Waals surface area contributed by atoms with Crippen molar-refractivity contribution in [1.29, 1.82) is 0 Å². The van der Waals surface area contributed by atoms with Crippen LogP contribution in [0.5, 0.6) is 0 Å². The van der Waals surface area contributed by atoms with E-state index in [9.17, 15) is 14.9 Å². The maximum atomic E-state index is 11.9. The van der Waals surface area contributed by atoms with Crippen LogP contribution in [0.3, 0.4) is 0 Å². The van der Waals surface area contributed by atoms with Gasteiger partial charge in [-0.2, -0.15) is 0 Å². The molecule has 0 atom stereocenters. The molecular formula is C17H13ClN4O3. The molecule has 1 amide bonds. The molecule has 1 aromatic carbocycles. The number of nitro benzene ring substituents is 1. The van der Waals surface area contributed by atoms with Crippen molar-refractivity contribution in [3.05, 3.63) is 81.3 Å². The quantitative estimate of drug-likeness (QED) is 0.432. The fourth-order valence-corrected chi connectivity index (χ4v) is 2.42. The normalized spacial score (nSPS) is 11.1. The van der Waals surface area contributed by atoms with E-state index in [2.05, 4.69) is 10.3 Å². The van der Waals surface area contributed by atoms with Crippen LogP contribution >= 0.6 is 11.6 Å². The van der Waals surface area contributed by atoms with Crippen LogP contribution in [0.1, 0.15) is 11.3 Å². The number of nitrogens with one attached hydrogen (secondary N) is 1. The van der Waals surface area contributed by atoms with E-state index in [-0.39, 0.29) is 18.1 Å². The lowest BCUT2D eigenvalue weighted by Gasteiger charge is -1.98. The van der Waals surface area contributed by atoms with Gasteiger partial charge in [-0.05, 0) is 23.8 Å². The Balaban J connectivity index is 1.62. The Hall–Kier alpha value is -3.19. The molecule has 0 bridgehead atoms. The van der Waals surface area contributed by atoms with Crippen molar-refractivity contribution in [2.45, 2.75) is 6.54 Å². The van der Waals surface area contributed by atoms with Gasteiger partial charge in [0.1, 0.15) is 5.65 Å². The van der Waals surface area contributed by atoms with Crippen LogP contribution < -0.4 is 5.32 Å². The number of rotatable bonds is 5. The number of amides is 1. The Morgan fingerprint density at radius 1 is 1.32 bits per heavy atom. The van der Waals surface area contributed by atoms with E-state index < -0.39 is 4.92 Å². The van der Waals surface area contributed by atoms with Crippen molar-refractivity contribution in [2.24, 2.45) is 0 Å². The number of nitrogens with zero attached hydrogens (tertiary/aromatic N) is 3. The van der Waals surface area contributed by atoms with E-state index in [1.54, 1.807) is 41.1 Å². The zero-order valence-electron chi connectivity index (χ0n) is 12.9. The first-order valence-electron chi connectivity index (χ1n) is 7.35. The van der Waals surface area contributed by atoms with Gasteiger partial charge in [0.25, 0.3) is 5.69 Å². The van der Waals surface area contributed by atoms with Crippen LogP contribution in [0.2, 0.25) is 5.02 Å². The second kappa shape index (κ2) is 7.14. The van der Waals surface area contributed by atoms with Crippen LogP contribution in [-0.2, 0) is 11.3 Å². The third kappa shape index (κ3) is 4.21. The molecule has 7 nitrogen and oxygen atoms in total. The lowest BCUT2D eigenvalue weighted by Crippen LogP contribution is -2.20. The molecule has 2 aromatic heterocycles. The van der Waals surface area contributed by atoms with Crippen LogP contribution in [0.25, 0.3) is 11.7 Å². The molecule has 0 aliphatic carbocycles. The zero-order valence-corrected chi connectivity index (χ0v) is 13.7. The summed E-state index contributed by atoms with van der Waals surface area (Å²) in [6, 6.07) is 9.58. The minimum absolute atomic E-state index is 0.0223. The molecule has 1 N–H and O–H groups in total. The highest BCUT2D eigenvalue weighted by molar-refractivity contribution is 6.30. The van der Waals surface area contributed by atoms with Gasteiger partial charge < -0.3 is 9.72 Å². The first kappa shape index (κ1) is 16.7. The average Bonchev–Trinajstić information content (AvgIpc) is 3.00. The van der Waals surface area contributed by atoms with Crippen LogP contribution in [0.4, 0.5) is 5.69 Å². The zero-order chi connectivity index (χ0) is 17.8. The minimum Gasteiger partial charge on any atom is -0.347 e. The van der Waals surface area contributed by atoms with E-state index in [1.165, 1.54) is 24.3 Å². The SMILES string of the molecule is O=C(/C=C/c1cccc([N+](=O)[O-])c1)NCc1cn2cc(Cl)ccc2n1. The summed E-state index contributed by atoms with van der Waals surface area (Å²) in [4.78, 5) is 26.5. The van der Waals surface area contributed by atoms with Gasteiger partial charge in [0.2, 0.25) is 5.91 Å². The molecule has 0 saturated carbocycles. The van der Waals surface area contributed by atoms with E-state index in [1.807, 2.05) is 0 Å². The number of imidazole rings is 1. The monoisotopic (exact) mass is 356 g/mol. The highest BCUT2D eigenvalue weighted by atomic mass is 35.5. The van der Waals surface area contributed by atoms with Crippen molar-refractivity contribution >= 4 is 34.9 Å². The highest BCUT2D eigenvalue weighted by Gasteiger charge is 2.05. The Morgan fingerprint density at radius 3 is 2.96 bits per heavy atom. The van der Waals surface area contributed by atoms with Crippen molar-refractivity contribution in [1.82, 2.24) is 14.7 Å². The van der Waals surface area contributed by atoms with Crippen molar-refractivity contribution in [2.75, 3.05) is 0 Å². The van der Waals surface area contributed by atoms with Crippen LogP contribution in [0.15, 0.2) is 54.9 Å². The lowest BCUT2D eigenvalue weighted by molar-refractivity contribution is -0.384. The average molecular weight is 357 g/mol. The van der Waals surface area contributed by atoms with Gasteiger partial charge >= 0.3 is 0 Å². The first-order valence-corrected chi connectivity index (χ1v) is 7.72. The van der Waals surface area contributed by atoms with Crippen molar-refractivity contribution in [3.63, 3.8) is 0 Å². The molecular weight excluding hydrogens is 344 g/mol. The number of pyridine rings is 1. The lowest BCUT2D eigenvalue weighted by atomic mass is 10.2. The fourth-order valence-electron chi connectivity index (χ4n) is 2.25. The maximum Gasteiger partial charge on any atom is 0.270 e. The summed E-state index contributed by atoms with van der Waals surface area (Å²) in [7, 11) is 0. The van der Waals surface area contributed by atoms with Gasteiger partial charge in [0, 0.05) is 30.6 Å². The number of hydrogen-bond acceptors (Lipinski definition) is 4. The fraction of sp³-hybridized carbons (Fsp3) is 0.0588. The summed E-state index contributed by atoms with van der Waals surface area (Å²) in [5.41, 5.74) is 1.98. The molecule has 2 heterocycles. The molecule has 0 aliphatic heterocycles. The Bertz CT molecular complexity index is 981. The topological polar surface area (TPSA) is 89.5 Å². The molecule has 0 aliphatic rings. The second-order valence-corrected chi connectivity index (χ2v) is 5.68. The Kier molecular flexibility index (Phi) is 4.76. The minimum atomic E-state index is -0.479. The first-order chi connectivity index (χ1) is 12.0. The smallest absolute Gasteiger partial charge is 0.270 e. The summed E-state index contributed by atoms with van der Waals surface area (Å²) >= 11 is 5.92. The Labute approximate surface area is 147 Å². The molecule has 0 spiro atoms. The predicted molar refractivity (Wildman–Crippen MR) is 94.2 cm³/mol. The van der Waals surface area contributed by atoms with Crippen molar-refractivity contribution < 1.29 is 9.72 Å². The van der Waals surface area contributed by atoms with Crippen LogP contribution in [0, 0.1) is 10.1 Å². The summed E-state index contributed by atoms with van der Waals surface area (Å²) in [5.74, 6) is -0.318. The standard InChI is InChI=1S/C17H13ClN4O3/c18-13-5-6-16-20-14(11-21(16)10-13)9-19-17(23)7-4-12-2-1-3-15(8-12)22(24)25/h1-8,10-11H,9H2,(H,19,23)/b7-4+. The number of non-ortho nitro benzene ring substituents is 1. The Morgan fingerprint density at radius 2 is 2.16 bits per heavy atom. The van der Waals surface area contributed by atoms with Crippen LogP contribution in [-0.4, -0.2) is 20.2 Å². The van der Waals surface area contributed by atoms with Gasteiger partial charge in [-0.15, -0.1) is 0 Å². The molecule has 25 heavy (non-hydrogen) atoms. The number of hydrogen-bond donors (Lipinski definition) is 1. The number of carbonyl (C=O) groups excluding carboxylic acids is 1. The number of aromatic nitrogens is 2. The van der Waals surface area contributed by atoms with Crippen molar-refractivity contribution in [3.8, 4) is 0 Å². The number of nitro groups is 1. The van der Waals surface area contributed by atoms with Gasteiger partial charge in [0.05, 0.1) is 22.2 Å². The summed E-state index contributed by atoms with van der Waals surface area (Å²) in [5, 5.41) is 14.0. The number of fused-ring (bicyclic) bond motifs is 1. The number of carbonyl (C=O) groups is 1. The molecule has 3 rings (SSSR count). The molecule has 0 unspecified atom stereocenters. The maximum absolute atomic E-state index is 11.9. The molecule has 0 saturated heterocycles. The molecule has 8 heteroatoms. The highest BCUT2D eigenvalue weighted by Crippen LogP contribution is 2.14. The summed E-state index contributed by atoms with van der Waals surface area (Å²) in [6.07, 6.45) is 6.36. The van der Waals surface area contributed by atoms with Gasteiger partial charge in [-0.3, -0.25) is 14.9 Å². The van der Waals surface area contributed by atoms with Gasteiger partial charge in [-0.25, -0.2) is 4.98 Å². The van der Waals surface area contributed by atoms with E-state index in [4.69, 9.17) is 11.6 Å². The van der Waals surface area contributed by atoms with E-state index >= 15 is 0 Å². The second-order valence-electron chi connectivity index (χ2n) is 5.25. The number of halogens is 1. The molecule has 3 aromatic rings. The van der Waals surface area contributed by atoms with Gasteiger partial charge in [0.15, 0.2) is 0 Å². The third-order valence-electron chi connectivity index (χ3n) is 3.42. The third-order valence-corrected chi connectivity index (χ3v) is 3.64. The van der Waals surface area contributed by atoms with Gasteiger partial charge in [-0.1, -0.05) is 23.7 Å². The summed E-state index contributed by atoms with van der Waals surface area (Å²) < 4.78 is 1.78. The largest absolute Gasteiger partial charge is 0.347 e. The summed E-state index contributed by atoms with van der Waals surface area (Å²) in [6.45, 7) is 0.261. The predicted octanol–water partition coefficient (Wildman–Crippen LogP) is 3.23. The van der Waals surface area contributed by atoms with E-state index in [0.717, 1.165) is 5.65 Å². The number of benzene rings is 1. The van der Waals surface area contributed by atoms with E-state index in [0.29, 0.717) is 16.3 Å². The molecule has 0 fully saturated rings.